The van der Waals surface area contributed by atoms with Gasteiger partial charge in [0.1, 0.15) is 6.10 Å². The summed E-state index contributed by atoms with van der Waals surface area (Å²) in [7, 11) is 1.97. The van der Waals surface area contributed by atoms with E-state index in [0.717, 1.165) is 10.9 Å². The zero-order valence-electron chi connectivity index (χ0n) is 17.3. The molecule has 156 valence electrons. The van der Waals surface area contributed by atoms with Gasteiger partial charge in [0.2, 0.25) is 5.91 Å². The Kier molecular flexibility index (Phi) is 4.91. The van der Waals surface area contributed by atoms with Gasteiger partial charge in [-0.25, -0.2) is 0 Å². The molecular weight excluding hydrogens is 370 g/mol. The minimum atomic E-state index is -0.817. The Morgan fingerprint density at radius 2 is 1.93 bits per heavy atom. The van der Waals surface area contributed by atoms with E-state index >= 15 is 0 Å². The largest absolute Gasteiger partial charge is 0.388 e. The lowest BCUT2D eigenvalue weighted by Gasteiger charge is -2.53. The summed E-state index contributed by atoms with van der Waals surface area (Å²) in [6.07, 6.45) is 2.79. The summed E-state index contributed by atoms with van der Waals surface area (Å²) >= 11 is 0. The van der Waals surface area contributed by atoms with Crippen LogP contribution in [0.15, 0.2) is 30.5 Å². The summed E-state index contributed by atoms with van der Waals surface area (Å²) in [5.41, 5.74) is 0.283. The van der Waals surface area contributed by atoms with E-state index in [-0.39, 0.29) is 11.8 Å². The summed E-state index contributed by atoms with van der Waals surface area (Å²) in [6.45, 7) is 4.83. The number of nitrogens with one attached hydrogen (secondary N) is 1. The minimum absolute atomic E-state index is 0.00609. The van der Waals surface area contributed by atoms with E-state index in [1.54, 1.807) is 0 Å². The highest BCUT2D eigenvalue weighted by atomic mass is 16.5. The van der Waals surface area contributed by atoms with Gasteiger partial charge in [0.25, 0.3) is 5.91 Å². The lowest BCUT2D eigenvalue weighted by Crippen LogP contribution is -2.69. The van der Waals surface area contributed by atoms with Crippen molar-refractivity contribution in [3.63, 3.8) is 0 Å². The summed E-state index contributed by atoms with van der Waals surface area (Å²) in [4.78, 5) is 26.7. The first-order chi connectivity index (χ1) is 13.8. The molecule has 7 heteroatoms. The fourth-order valence-corrected chi connectivity index (χ4v) is 4.96. The smallest absolute Gasteiger partial charge is 0.254 e. The molecule has 2 aromatic rings. The number of carbonyl (C=O) groups excluding carboxylic acids is 2. The maximum atomic E-state index is 13.2. The molecule has 2 saturated heterocycles. The monoisotopic (exact) mass is 399 g/mol. The quantitative estimate of drug-likeness (QED) is 0.807. The number of carbonyl (C=O) groups is 2. The van der Waals surface area contributed by atoms with Crippen LogP contribution in [0.1, 0.15) is 43.5 Å². The molecule has 2 aliphatic rings. The Morgan fingerprint density at radius 1 is 1.21 bits per heavy atom. The number of benzene rings is 1. The number of rotatable bonds is 2. The van der Waals surface area contributed by atoms with Crippen molar-refractivity contribution >= 4 is 22.7 Å². The molecule has 0 saturated carbocycles. The molecule has 4 rings (SSSR count). The fourth-order valence-electron chi connectivity index (χ4n) is 4.96. The van der Waals surface area contributed by atoms with E-state index < -0.39 is 17.2 Å². The van der Waals surface area contributed by atoms with Crippen LogP contribution in [0.5, 0.6) is 0 Å². The van der Waals surface area contributed by atoms with Crippen LogP contribution in [0.25, 0.3) is 10.9 Å². The topological polar surface area (TPSA) is 83.8 Å². The number of aromatic nitrogens is 1. The molecular formula is C22H29N3O4. The van der Waals surface area contributed by atoms with E-state index in [0.29, 0.717) is 44.5 Å². The molecule has 2 amide bonds. The number of hydrogen-bond acceptors (Lipinski definition) is 4. The molecule has 29 heavy (non-hydrogen) atoms. The fraction of sp³-hybridized carbons (Fsp3) is 0.545. The normalized spacial score (nSPS) is 26.6. The molecule has 2 fully saturated rings. The van der Waals surface area contributed by atoms with Crippen molar-refractivity contribution in [1.29, 1.82) is 0 Å². The molecule has 1 spiro atoms. The van der Waals surface area contributed by atoms with E-state index in [1.165, 1.54) is 6.92 Å². The standard InChI is InChI=1S/C22H29N3O4/c1-15(26)23-21(2)10-14-29-22(20(21)28)8-12-25(13-9-22)19(27)17-5-4-6-18-16(17)7-11-24(18)3/h4-7,11,20,28H,8-10,12-14H2,1-3H3,(H,23,26)/t20-,21+/m1/s1. The van der Waals surface area contributed by atoms with E-state index in [1.807, 2.05) is 53.9 Å². The third kappa shape index (κ3) is 3.32. The average Bonchev–Trinajstić information content (AvgIpc) is 3.07. The van der Waals surface area contributed by atoms with Crippen molar-refractivity contribution in [2.24, 2.45) is 7.05 Å². The molecule has 0 aliphatic carbocycles. The van der Waals surface area contributed by atoms with Gasteiger partial charge < -0.3 is 24.6 Å². The summed E-state index contributed by atoms with van der Waals surface area (Å²) in [6, 6.07) is 7.76. The van der Waals surface area contributed by atoms with E-state index in [4.69, 9.17) is 4.74 Å². The highest BCUT2D eigenvalue weighted by Gasteiger charge is 2.54. The predicted octanol–water partition coefficient (Wildman–Crippen LogP) is 1.83. The van der Waals surface area contributed by atoms with Crippen molar-refractivity contribution in [2.75, 3.05) is 19.7 Å². The second kappa shape index (κ2) is 7.15. The molecule has 1 aromatic carbocycles. The van der Waals surface area contributed by atoms with Crippen LogP contribution in [0.3, 0.4) is 0 Å². The Morgan fingerprint density at radius 3 is 2.62 bits per heavy atom. The SMILES string of the molecule is CC(=O)N[C@@]1(C)CCOC2(CCN(C(=O)c3cccc4c3ccn4C)CC2)[C@@H]1O. The molecule has 2 aliphatic heterocycles. The summed E-state index contributed by atoms with van der Waals surface area (Å²) in [5, 5.41) is 15.0. The maximum absolute atomic E-state index is 13.2. The molecule has 2 N–H and O–H groups in total. The third-order valence-corrected chi connectivity index (χ3v) is 6.63. The number of amides is 2. The average molecular weight is 399 g/mol. The van der Waals surface area contributed by atoms with Gasteiger partial charge in [0.15, 0.2) is 0 Å². The number of aliphatic hydroxyl groups is 1. The van der Waals surface area contributed by atoms with Crippen LogP contribution >= 0.6 is 0 Å². The second-order valence-electron chi connectivity index (χ2n) is 8.62. The molecule has 7 nitrogen and oxygen atoms in total. The van der Waals surface area contributed by atoms with Gasteiger partial charge in [-0.15, -0.1) is 0 Å². The van der Waals surface area contributed by atoms with Gasteiger partial charge in [0.05, 0.1) is 11.1 Å². The van der Waals surface area contributed by atoms with Crippen molar-refractivity contribution in [3.8, 4) is 0 Å². The molecule has 2 atom stereocenters. The summed E-state index contributed by atoms with van der Waals surface area (Å²) < 4.78 is 8.07. The van der Waals surface area contributed by atoms with Crippen LogP contribution < -0.4 is 5.32 Å². The number of aryl methyl sites for hydroxylation is 1. The van der Waals surface area contributed by atoms with Gasteiger partial charge in [-0.05, 0) is 44.4 Å². The van der Waals surface area contributed by atoms with Gasteiger partial charge >= 0.3 is 0 Å². The molecule has 0 radical (unpaired) electrons. The highest BCUT2D eigenvalue weighted by molar-refractivity contribution is 6.06. The van der Waals surface area contributed by atoms with Crippen molar-refractivity contribution in [1.82, 2.24) is 14.8 Å². The first-order valence-corrected chi connectivity index (χ1v) is 10.2. The summed E-state index contributed by atoms with van der Waals surface area (Å²) in [5.74, 6) is -0.154. The molecule has 0 unspecified atom stereocenters. The third-order valence-electron chi connectivity index (χ3n) is 6.63. The number of aliphatic hydroxyl groups excluding tert-OH is 1. The number of likely N-dealkylation sites (tertiary alicyclic amines) is 1. The first-order valence-electron chi connectivity index (χ1n) is 10.2. The second-order valence-corrected chi connectivity index (χ2v) is 8.62. The zero-order chi connectivity index (χ0) is 20.8. The maximum Gasteiger partial charge on any atom is 0.254 e. The van der Waals surface area contributed by atoms with Crippen LogP contribution in [-0.4, -0.2) is 63.3 Å². The number of fused-ring (bicyclic) bond motifs is 1. The number of hydrogen-bond donors (Lipinski definition) is 2. The van der Waals surface area contributed by atoms with Crippen LogP contribution in [0.4, 0.5) is 0 Å². The molecule has 1 aromatic heterocycles. The Labute approximate surface area is 170 Å². The minimum Gasteiger partial charge on any atom is -0.388 e. The van der Waals surface area contributed by atoms with Crippen LogP contribution in [0, 0.1) is 0 Å². The van der Waals surface area contributed by atoms with Crippen LogP contribution in [-0.2, 0) is 16.6 Å². The predicted molar refractivity (Wildman–Crippen MR) is 110 cm³/mol. The lowest BCUT2D eigenvalue weighted by molar-refractivity contribution is -0.205. The van der Waals surface area contributed by atoms with Gasteiger partial charge in [-0.2, -0.15) is 0 Å². The van der Waals surface area contributed by atoms with Gasteiger partial charge in [-0.3, -0.25) is 9.59 Å². The van der Waals surface area contributed by atoms with E-state index in [9.17, 15) is 14.7 Å². The Bertz CT molecular complexity index is 945. The highest BCUT2D eigenvalue weighted by Crippen LogP contribution is 2.40. The van der Waals surface area contributed by atoms with Gasteiger partial charge in [0, 0.05) is 56.3 Å². The Balaban J connectivity index is 1.51. The number of ether oxygens (including phenoxy) is 1. The molecule has 3 heterocycles. The van der Waals surface area contributed by atoms with Crippen molar-refractivity contribution in [2.45, 2.75) is 50.4 Å². The Hall–Kier alpha value is -2.38. The van der Waals surface area contributed by atoms with E-state index in [2.05, 4.69) is 5.32 Å². The van der Waals surface area contributed by atoms with Crippen molar-refractivity contribution < 1.29 is 19.4 Å². The van der Waals surface area contributed by atoms with Crippen molar-refractivity contribution in [3.05, 3.63) is 36.0 Å². The first kappa shape index (κ1) is 19.9. The zero-order valence-corrected chi connectivity index (χ0v) is 17.3. The van der Waals surface area contributed by atoms with Gasteiger partial charge in [-0.1, -0.05) is 6.07 Å². The number of piperidine rings is 1. The molecule has 0 bridgehead atoms. The number of nitrogens with zero attached hydrogens (tertiary/aromatic N) is 2. The van der Waals surface area contributed by atoms with Crippen LogP contribution in [0.2, 0.25) is 0 Å². The lowest BCUT2D eigenvalue weighted by atomic mass is 9.73.